The molecule has 0 aromatic heterocycles. The molecule has 0 aromatic carbocycles. The van der Waals surface area contributed by atoms with Gasteiger partial charge in [0.15, 0.2) is 0 Å². The highest BCUT2D eigenvalue weighted by Gasteiger charge is 2.32. The van der Waals surface area contributed by atoms with Gasteiger partial charge in [-0.2, -0.15) is 0 Å². The average Bonchev–Trinajstić information content (AvgIpc) is 2.45. The van der Waals surface area contributed by atoms with E-state index in [9.17, 15) is 8.96 Å². The summed E-state index contributed by atoms with van der Waals surface area (Å²) in [6, 6.07) is 0. The van der Waals surface area contributed by atoms with Crippen molar-refractivity contribution in [3.8, 4) is 0 Å². The van der Waals surface area contributed by atoms with E-state index in [0.717, 1.165) is 0 Å². The van der Waals surface area contributed by atoms with Crippen LogP contribution >= 0.6 is 7.60 Å². The quantitative estimate of drug-likeness (QED) is 0.535. The number of rotatable bonds is 6. The molecule has 1 aliphatic carbocycles. The van der Waals surface area contributed by atoms with Gasteiger partial charge in [-0.05, 0) is 38.1 Å². The minimum absolute atomic E-state index is 0.0288. The van der Waals surface area contributed by atoms with E-state index in [4.69, 9.17) is 9.05 Å². The maximum atomic E-state index is 13.2. The van der Waals surface area contributed by atoms with E-state index in [0.29, 0.717) is 19.6 Å². The van der Waals surface area contributed by atoms with Crippen LogP contribution in [0.15, 0.2) is 11.9 Å². The lowest BCUT2D eigenvalue weighted by Gasteiger charge is -2.19. The van der Waals surface area contributed by atoms with Gasteiger partial charge in [-0.25, -0.2) is 4.39 Å². The summed E-state index contributed by atoms with van der Waals surface area (Å²) in [4.78, 5) is 0. The molecule has 1 rings (SSSR count). The van der Waals surface area contributed by atoms with Gasteiger partial charge in [-0.3, -0.25) is 4.57 Å². The molecule has 92 valence electrons. The Morgan fingerprint density at radius 1 is 1.50 bits per heavy atom. The van der Waals surface area contributed by atoms with Crippen LogP contribution in [0.4, 0.5) is 4.39 Å². The van der Waals surface area contributed by atoms with Crippen molar-refractivity contribution in [2.75, 3.05) is 19.4 Å². The second kappa shape index (κ2) is 5.99. The van der Waals surface area contributed by atoms with Crippen LogP contribution in [0.25, 0.3) is 0 Å². The topological polar surface area (TPSA) is 35.5 Å². The summed E-state index contributed by atoms with van der Waals surface area (Å²) in [5.41, 5.74) is 0. The molecule has 1 aliphatic rings. The van der Waals surface area contributed by atoms with Crippen LogP contribution in [-0.4, -0.2) is 27.2 Å². The Hall–Kier alpha value is -0.115. The summed E-state index contributed by atoms with van der Waals surface area (Å²) in [7, 11) is -1.20. The largest absolute Gasteiger partial charge is 0.331 e. The molecule has 0 amide bonds. The third kappa shape index (κ3) is 3.72. The van der Waals surface area contributed by atoms with E-state index in [-0.39, 0.29) is 23.7 Å². The Kier molecular flexibility index (Phi) is 5.22. The van der Waals surface area contributed by atoms with Crippen LogP contribution in [0.2, 0.25) is 5.82 Å². The first-order valence-corrected chi connectivity index (χ1v) is 7.49. The van der Waals surface area contributed by atoms with Gasteiger partial charge in [0.2, 0.25) is 0 Å². The molecule has 0 N–H and O–H groups in total. The predicted molar refractivity (Wildman–Crippen MR) is 65.3 cm³/mol. The molecule has 0 bridgehead atoms. The standard InChI is InChI=1S/C10H19BFO3P/c1-3-14-16(13,15-4-2)7-8-5-9(11)10(12)6-8/h6,8-9H,3-5,7,11H2,1-2H3. The fourth-order valence-corrected chi connectivity index (χ4v) is 3.88. The van der Waals surface area contributed by atoms with Crippen molar-refractivity contribution >= 4 is 15.4 Å². The number of hydrogen-bond acceptors (Lipinski definition) is 3. The molecule has 0 heterocycles. The maximum absolute atomic E-state index is 13.2. The smallest absolute Gasteiger partial charge is 0.309 e. The molecule has 2 unspecified atom stereocenters. The first-order valence-electron chi connectivity index (χ1n) is 5.76. The lowest BCUT2D eigenvalue weighted by atomic mass is 9.85. The Morgan fingerprint density at radius 3 is 2.44 bits per heavy atom. The predicted octanol–water partition coefficient (Wildman–Crippen LogP) is 2.55. The van der Waals surface area contributed by atoms with Crippen LogP contribution in [0.5, 0.6) is 0 Å². The SMILES string of the molecule is BC1CC(CP(=O)(OCC)OCC)C=C1F. The molecular weight excluding hydrogens is 229 g/mol. The van der Waals surface area contributed by atoms with Gasteiger partial charge in [0, 0.05) is 0 Å². The molecule has 0 radical (unpaired) electrons. The zero-order chi connectivity index (χ0) is 12.2. The van der Waals surface area contributed by atoms with Gasteiger partial charge < -0.3 is 9.05 Å². The van der Waals surface area contributed by atoms with Crippen molar-refractivity contribution in [2.45, 2.75) is 26.1 Å². The molecule has 3 nitrogen and oxygen atoms in total. The molecule has 0 spiro atoms. The second-order valence-corrected chi connectivity index (χ2v) is 6.18. The summed E-state index contributed by atoms with van der Waals surface area (Å²) in [6.45, 7) is 4.26. The van der Waals surface area contributed by atoms with Crippen molar-refractivity contribution in [1.29, 1.82) is 0 Å². The van der Waals surface area contributed by atoms with Crippen LogP contribution in [0.3, 0.4) is 0 Å². The summed E-state index contributed by atoms with van der Waals surface area (Å²) < 4.78 is 35.8. The lowest BCUT2D eigenvalue weighted by molar-refractivity contribution is 0.217. The van der Waals surface area contributed by atoms with Crippen LogP contribution in [-0.2, 0) is 13.6 Å². The third-order valence-electron chi connectivity index (χ3n) is 2.63. The minimum Gasteiger partial charge on any atom is -0.309 e. The number of hydrogen-bond donors (Lipinski definition) is 0. The van der Waals surface area contributed by atoms with Crippen LogP contribution in [0.1, 0.15) is 20.3 Å². The second-order valence-electron chi connectivity index (χ2n) is 4.08. The van der Waals surface area contributed by atoms with E-state index in [1.807, 2.05) is 7.85 Å². The highest BCUT2D eigenvalue weighted by atomic mass is 31.2. The molecule has 0 aromatic rings. The zero-order valence-electron chi connectivity index (χ0n) is 10.1. The van der Waals surface area contributed by atoms with Crippen molar-refractivity contribution in [2.24, 2.45) is 5.92 Å². The summed E-state index contributed by atoms with van der Waals surface area (Å²) in [5, 5.41) is 0. The molecule has 0 saturated carbocycles. The van der Waals surface area contributed by atoms with Crippen molar-refractivity contribution < 1.29 is 18.0 Å². The zero-order valence-corrected chi connectivity index (χ0v) is 11.0. The van der Waals surface area contributed by atoms with Gasteiger partial charge in [-0.15, -0.1) is 0 Å². The van der Waals surface area contributed by atoms with E-state index in [1.165, 1.54) is 0 Å². The molecular formula is C10H19BFO3P. The fraction of sp³-hybridized carbons (Fsp3) is 0.800. The molecule has 2 atom stereocenters. The molecule has 6 heteroatoms. The van der Waals surface area contributed by atoms with Gasteiger partial charge in [0.25, 0.3) is 0 Å². The molecule has 16 heavy (non-hydrogen) atoms. The number of halogens is 1. The van der Waals surface area contributed by atoms with Gasteiger partial charge in [0.1, 0.15) is 7.85 Å². The van der Waals surface area contributed by atoms with E-state index in [2.05, 4.69) is 0 Å². The van der Waals surface area contributed by atoms with Crippen molar-refractivity contribution in [3.63, 3.8) is 0 Å². The Bertz CT molecular complexity index is 298. The van der Waals surface area contributed by atoms with Gasteiger partial charge in [0.05, 0.1) is 25.2 Å². The normalized spacial score (nSPS) is 25.8. The van der Waals surface area contributed by atoms with Crippen LogP contribution in [0, 0.1) is 5.92 Å². The molecule has 0 saturated heterocycles. The molecule has 0 fully saturated rings. The molecule has 0 aliphatic heterocycles. The monoisotopic (exact) mass is 248 g/mol. The average molecular weight is 248 g/mol. The van der Waals surface area contributed by atoms with Crippen molar-refractivity contribution in [1.82, 2.24) is 0 Å². The van der Waals surface area contributed by atoms with Gasteiger partial charge >= 0.3 is 7.60 Å². The Balaban J connectivity index is 2.60. The highest BCUT2D eigenvalue weighted by molar-refractivity contribution is 7.53. The Labute approximate surface area is 97.3 Å². The Morgan fingerprint density at radius 2 is 2.06 bits per heavy atom. The summed E-state index contributed by atoms with van der Waals surface area (Å²) in [5.74, 6) is -0.204. The lowest BCUT2D eigenvalue weighted by Crippen LogP contribution is -2.07. The van der Waals surface area contributed by atoms with E-state index < -0.39 is 7.60 Å². The maximum Gasteiger partial charge on any atom is 0.331 e. The van der Waals surface area contributed by atoms with Gasteiger partial charge in [-0.1, -0.05) is 0 Å². The van der Waals surface area contributed by atoms with E-state index in [1.54, 1.807) is 19.9 Å². The fourth-order valence-electron chi connectivity index (χ4n) is 1.97. The number of allylic oxidation sites excluding steroid dienone is 2. The summed E-state index contributed by atoms with van der Waals surface area (Å²) in [6.07, 6.45) is 2.53. The highest BCUT2D eigenvalue weighted by Crippen LogP contribution is 2.52. The van der Waals surface area contributed by atoms with Crippen molar-refractivity contribution in [3.05, 3.63) is 11.9 Å². The minimum atomic E-state index is -3.03. The third-order valence-corrected chi connectivity index (χ3v) is 4.85. The van der Waals surface area contributed by atoms with Crippen LogP contribution < -0.4 is 0 Å². The van der Waals surface area contributed by atoms with E-state index >= 15 is 0 Å². The first kappa shape index (κ1) is 13.9. The summed E-state index contributed by atoms with van der Waals surface area (Å²) >= 11 is 0. The first-order chi connectivity index (χ1) is 7.50.